The Hall–Kier alpha value is -2.41. The number of anilines is 2. The zero-order valence-electron chi connectivity index (χ0n) is 19.0. The first-order chi connectivity index (χ1) is 15.9. The fraction of sp³-hybridized carbons (Fsp3) is 0.500. The van der Waals surface area contributed by atoms with Crippen molar-refractivity contribution in [1.29, 1.82) is 5.26 Å². The lowest BCUT2D eigenvalue weighted by Gasteiger charge is -2.33. The predicted molar refractivity (Wildman–Crippen MR) is 131 cm³/mol. The highest BCUT2D eigenvalue weighted by Gasteiger charge is 2.31. The summed E-state index contributed by atoms with van der Waals surface area (Å²) in [5.41, 5.74) is 1.39. The Balaban J connectivity index is 1.70. The first-order valence-corrected chi connectivity index (χ1v) is 13.9. The van der Waals surface area contributed by atoms with Gasteiger partial charge in [0.25, 0.3) is 5.91 Å². The highest BCUT2D eigenvalue weighted by molar-refractivity contribution is 7.89. The SMILES string of the molecule is CCc1cc(C#N)c(NC(=O)c2ccc(N3CCCCC3)c(S(=O)(=O)N3CCCCC3)c2)s1. The second-order valence-corrected chi connectivity index (χ2v) is 11.6. The minimum Gasteiger partial charge on any atom is -0.370 e. The number of aryl methyl sites for hydroxylation is 1. The number of carbonyl (C=O) groups excluding carboxylic acids is 1. The monoisotopic (exact) mass is 486 g/mol. The molecule has 3 heterocycles. The first kappa shape index (κ1) is 23.7. The second-order valence-electron chi connectivity index (χ2n) is 8.57. The third kappa shape index (κ3) is 5.08. The van der Waals surface area contributed by atoms with Gasteiger partial charge in [0.1, 0.15) is 16.0 Å². The van der Waals surface area contributed by atoms with Gasteiger partial charge in [0.05, 0.1) is 11.3 Å². The van der Waals surface area contributed by atoms with Gasteiger partial charge < -0.3 is 10.2 Å². The minimum absolute atomic E-state index is 0.208. The van der Waals surface area contributed by atoms with Crippen molar-refractivity contribution >= 4 is 38.0 Å². The molecule has 9 heteroatoms. The molecule has 0 atom stereocenters. The van der Waals surface area contributed by atoms with Crippen LogP contribution in [0.2, 0.25) is 0 Å². The molecule has 0 spiro atoms. The van der Waals surface area contributed by atoms with E-state index < -0.39 is 15.9 Å². The van der Waals surface area contributed by atoms with Gasteiger partial charge in [-0.3, -0.25) is 4.79 Å². The van der Waals surface area contributed by atoms with E-state index in [0.717, 1.165) is 62.9 Å². The smallest absolute Gasteiger partial charge is 0.256 e. The highest BCUT2D eigenvalue weighted by atomic mass is 32.2. The van der Waals surface area contributed by atoms with Crippen LogP contribution < -0.4 is 10.2 Å². The van der Waals surface area contributed by atoms with E-state index in [0.29, 0.717) is 29.3 Å². The molecule has 1 aromatic carbocycles. The summed E-state index contributed by atoms with van der Waals surface area (Å²) in [6, 6.07) is 8.89. The number of benzene rings is 1. The predicted octanol–water partition coefficient (Wildman–Crippen LogP) is 4.60. The van der Waals surface area contributed by atoms with Gasteiger partial charge in [-0.05, 0) is 62.8 Å². The molecule has 0 bridgehead atoms. The molecule has 1 aromatic heterocycles. The van der Waals surface area contributed by atoms with E-state index in [4.69, 9.17) is 0 Å². The van der Waals surface area contributed by atoms with Gasteiger partial charge in [-0.15, -0.1) is 11.3 Å². The van der Waals surface area contributed by atoms with E-state index in [9.17, 15) is 18.5 Å². The van der Waals surface area contributed by atoms with Gasteiger partial charge in [-0.1, -0.05) is 13.3 Å². The maximum atomic E-state index is 13.7. The molecule has 7 nitrogen and oxygen atoms in total. The van der Waals surface area contributed by atoms with Gasteiger partial charge in [-0.25, -0.2) is 8.42 Å². The number of carbonyl (C=O) groups is 1. The number of nitrogens with one attached hydrogen (secondary N) is 1. The molecule has 2 fully saturated rings. The maximum absolute atomic E-state index is 13.7. The maximum Gasteiger partial charge on any atom is 0.256 e. The summed E-state index contributed by atoms with van der Waals surface area (Å²) in [5.74, 6) is -0.406. The average molecular weight is 487 g/mol. The van der Waals surface area contributed by atoms with Crippen LogP contribution in [0.15, 0.2) is 29.2 Å². The molecular formula is C24H30N4O3S2. The molecule has 4 rings (SSSR count). The molecule has 2 saturated heterocycles. The van der Waals surface area contributed by atoms with Crippen molar-refractivity contribution in [3.8, 4) is 6.07 Å². The molecule has 0 radical (unpaired) electrons. The van der Waals surface area contributed by atoms with Crippen LogP contribution in [-0.2, 0) is 16.4 Å². The zero-order chi connectivity index (χ0) is 23.4. The second kappa shape index (κ2) is 10.2. The van der Waals surface area contributed by atoms with Crippen LogP contribution in [0.5, 0.6) is 0 Å². The Kier molecular flexibility index (Phi) is 7.37. The number of thiophene rings is 1. The molecule has 2 aliphatic heterocycles. The lowest BCUT2D eigenvalue weighted by atomic mass is 10.1. The van der Waals surface area contributed by atoms with E-state index in [2.05, 4.69) is 16.3 Å². The Morgan fingerprint density at radius 3 is 2.36 bits per heavy atom. The average Bonchev–Trinajstić information content (AvgIpc) is 3.26. The van der Waals surface area contributed by atoms with Crippen LogP contribution >= 0.6 is 11.3 Å². The quantitative estimate of drug-likeness (QED) is 0.644. The fourth-order valence-electron chi connectivity index (χ4n) is 4.47. The number of hydrogen-bond donors (Lipinski definition) is 1. The molecular weight excluding hydrogens is 456 g/mol. The molecule has 0 unspecified atom stereocenters. The van der Waals surface area contributed by atoms with Crippen molar-refractivity contribution in [3.63, 3.8) is 0 Å². The van der Waals surface area contributed by atoms with E-state index in [-0.39, 0.29) is 10.5 Å². The van der Waals surface area contributed by atoms with Gasteiger partial charge in [-0.2, -0.15) is 9.57 Å². The van der Waals surface area contributed by atoms with Crippen molar-refractivity contribution in [1.82, 2.24) is 4.31 Å². The number of piperidine rings is 2. The Morgan fingerprint density at radius 2 is 1.73 bits per heavy atom. The topological polar surface area (TPSA) is 93.5 Å². The summed E-state index contributed by atoms with van der Waals surface area (Å²) in [6.07, 6.45) is 6.72. The highest BCUT2D eigenvalue weighted by Crippen LogP contribution is 2.33. The summed E-state index contributed by atoms with van der Waals surface area (Å²) < 4.78 is 28.9. The molecule has 1 amide bonds. The zero-order valence-corrected chi connectivity index (χ0v) is 20.6. The van der Waals surface area contributed by atoms with Gasteiger partial charge >= 0.3 is 0 Å². The summed E-state index contributed by atoms with van der Waals surface area (Å²) in [5, 5.41) is 12.7. The van der Waals surface area contributed by atoms with E-state index in [1.165, 1.54) is 17.4 Å². The van der Waals surface area contributed by atoms with Crippen LogP contribution in [0.25, 0.3) is 0 Å². The summed E-state index contributed by atoms with van der Waals surface area (Å²) >= 11 is 1.38. The number of nitrogens with zero attached hydrogens (tertiary/aromatic N) is 3. The Bertz CT molecular complexity index is 1150. The molecule has 0 aliphatic carbocycles. The van der Waals surface area contributed by atoms with Crippen molar-refractivity contribution in [3.05, 3.63) is 40.3 Å². The molecule has 176 valence electrons. The van der Waals surface area contributed by atoms with Crippen molar-refractivity contribution in [2.75, 3.05) is 36.4 Å². The van der Waals surface area contributed by atoms with Crippen molar-refractivity contribution in [2.45, 2.75) is 56.8 Å². The minimum atomic E-state index is -3.72. The summed E-state index contributed by atoms with van der Waals surface area (Å²) in [6.45, 7) is 4.65. The summed E-state index contributed by atoms with van der Waals surface area (Å²) in [7, 11) is -3.72. The normalized spacial score (nSPS) is 17.5. The van der Waals surface area contributed by atoms with E-state index >= 15 is 0 Å². The number of sulfonamides is 1. The number of nitriles is 1. The number of rotatable bonds is 6. The number of amides is 1. The fourth-order valence-corrected chi connectivity index (χ4v) is 7.17. The third-order valence-corrected chi connectivity index (χ3v) is 9.45. The van der Waals surface area contributed by atoms with E-state index in [1.54, 1.807) is 22.5 Å². The lowest BCUT2D eigenvalue weighted by molar-refractivity contribution is 0.102. The van der Waals surface area contributed by atoms with E-state index in [1.807, 2.05) is 6.92 Å². The molecule has 0 saturated carbocycles. The van der Waals surface area contributed by atoms with Crippen LogP contribution in [0.4, 0.5) is 10.7 Å². The van der Waals surface area contributed by atoms with Gasteiger partial charge in [0.2, 0.25) is 10.0 Å². The lowest BCUT2D eigenvalue weighted by Crippen LogP contribution is -2.37. The van der Waals surface area contributed by atoms with Crippen LogP contribution in [-0.4, -0.2) is 44.8 Å². The Labute approximate surface area is 200 Å². The van der Waals surface area contributed by atoms with Crippen molar-refractivity contribution < 1.29 is 13.2 Å². The third-order valence-electron chi connectivity index (χ3n) is 6.33. The van der Waals surface area contributed by atoms with Gasteiger partial charge in [0, 0.05) is 36.6 Å². The summed E-state index contributed by atoms with van der Waals surface area (Å²) in [4.78, 5) is 16.4. The van der Waals surface area contributed by atoms with Crippen LogP contribution in [0.3, 0.4) is 0 Å². The first-order valence-electron chi connectivity index (χ1n) is 11.7. The van der Waals surface area contributed by atoms with Gasteiger partial charge in [0.15, 0.2) is 0 Å². The molecule has 2 aliphatic rings. The van der Waals surface area contributed by atoms with Crippen LogP contribution in [0, 0.1) is 11.3 Å². The standard InChI is InChI=1S/C24H30N4O3S2/c1-2-20-15-19(17-25)24(32-20)26-23(29)18-9-10-21(27-11-5-3-6-12-27)22(16-18)33(30,31)28-13-7-4-8-14-28/h9-10,15-16H,2-8,11-14H2,1H3,(H,26,29). The molecule has 2 aromatic rings. The van der Waals surface area contributed by atoms with Crippen LogP contribution in [0.1, 0.15) is 66.2 Å². The van der Waals surface area contributed by atoms with Crippen molar-refractivity contribution in [2.24, 2.45) is 0 Å². The number of hydrogen-bond acceptors (Lipinski definition) is 6. The molecule has 1 N–H and O–H groups in total. The Morgan fingerprint density at radius 1 is 1.06 bits per heavy atom. The largest absolute Gasteiger partial charge is 0.370 e. The molecule has 33 heavy (non-hydrogen) atoms.